The summed E-state index contributed by atoms with van der Waals surface area (Å²) in [7, 11) is -1.12. The first-order valence-corrected chi connectivity index (χ1v) is 12.7. The molecule has 0 saturated heterocycles. The highest BCUT2D eigenvalue weighted by molar-refractivity contribution is 7.90. The average molecular weight is 489 g/mol. The van der Waals surface area contributed by atoms with Crippen LogP contribution in [0.3, 0.4) is 0 Å². The molecule has 186 valence electrons. The number of carbonyl (C=O) groups excluding carboxylic acids is 2. The first kappa shape index (κ1) is 27.3. The summed E-state index contributed by atoms with van der Waals surface area (Å²) in [5.41, 5.74) is 3.93. The van der Waals surface area contributed by atoms with Crippen LogP contribution in [-0.2, 0) is 26.3 Å². The number of nitrogens with zero attached hydrogens (tertiary/aromatic N) is 3. The summed E-state index contributed by atoms with van der Waals surface area (Å²) in [6, 6.07) is 12.4. The van der Waals surface area contributed by atoms with Gasteiger partial charge in [0.15, 0.2) is 0 Å². The van der Waals surface area contributed by atoms with Crippen LogP contribution in [0, 0.1) is 20.8 Å². The normalized spacial score (nSPS) is 12.4. The lowest BCUT2D eigenvalue weighted by Crippen LogP contribution is -2.52. The Bertz CT molecular complexity index is 1130. The molecule has 0 heterocycles. The Balaban J connectivity index is 2.51. The Morgan fingerprint density at radius 1 is 1.00 bits per heavy atom. The Hall–Kier alpha value is -2.91. The van der Waals surface area contributed by atoms with Gasteiger partial charge < -0.3 is 10.2 Å². The van der Waals surface area contributed by atoms with Gasteiger partial charge in [0.25, 0.3) is 0 Å². The Morgan fingerprint density at radius 3 is 2.24 bits per heavy atom. The van der Waals surface area contributed by atoms with Crippen molar-refractivity contribution < 1.29 is 18.0 Å². The summed E-state index contributed by atoms with van der Waals surface area (Å²) < 4.78 is 28.7. The number of rotatable bonds is 10. The lowest BCUT2D eigenvalue weighted by molar-refractivity contribution is -0.139. The number of aryl methyl sites for hydroxylation is 3. The first-order valence-electron chi connectivity index (χ1n) is 11.3. The number of hydrogen-bond acceptors (Lipinski definition) is 4. The molecule has 0 saturated carbocycles. The highest BCUT2D eigenvalue weighted by Crippen LogP contribution is 2.26. The lowest BCUT2D eigenvalue weighted by atomic mass is 10.1. The zero-order chi connectivity index (χ0) is 25.6. The maximum absolute atomic E-state index is 13.7. The molecule has 2 rings (SSSR count). The van der Waals surface area contributed by atoms with E-state index in [1.807, 2.05) is 57.2 Å². The molecule has 0 aliphatic heterocycles. The Kier molecular flexibility index (Phi) is 9.23. The molecule has 0 radical (unpaired) electrons. The average Bonchev–Trinajstić information content (AvgIpc) is 2.77. The third-order valence-electron chi connectivity index (χ3n) is 5.61. The van der Waals surface area contributed by atoms with E-state index >= 15 is 0 Å². The highest BCUT2D eigenvalue weighted by atomic mass is 32.2. The predicted molar refractivity (Wildman–Crippen MR) is 136 cm³/mol. The quantitative estimate of drug-likeness (QED) is 0.557. The summed E-state index contributed by atoms with van der Waals surface area (Å²) in [6.07, 6.45) is 0. The van der Waals surface area contributed by atoms with E-state index in [1.54, 1.807) is 19.9 Å². The van der Waals surface area contributed by atoms with Crippen molar-refractivity contribution in [1.29, 1.82) is 0 Å². The molecule has 2 aromatic rings. The topological polar surface area (TPSA) is 90.0 Å². The molecule has 0 spiro atoms. The number of anilines is 1. The van der Waals surface area contributed by atoms with Crippen molar-refractivity contribution in [2.75, 3.05) is 31.5 Å². The van der Waals surface area contributed by atoms with Gasteiger partial charge in [0, 0.05) is 27.2 Å². The second-order valence-electron chi connectivity index (χ2n) is 8.67. The molecule has 34 heavy (non-hydrogen) atoms. The molecule has 2 amide bonds. The number of likely N-dealkylation sites (N-methyl/N-ethyl adjacent to an activating group) is 1. The van der Waals surface area contributed by atoms with E-state index in [2.05, 4.69) is 5.32 Å². The predicted octanol–water partition coefficient (Wildman–Crippen LogP) is 2.78. The fourth-order valence-corrected chi connectivity index (χ4v) is 4.71. The molecule has 8 nitrogen and oxygen atoms in total. The summed E-state index contributed by atoms with van der Waals surface area (Å²) in [6.45, 7) is 9.27. The van der Waals surface area contributed by atoms with E-state index < -0.39 is 28.7 Å². The molecule has 1 N–H and O–H groups in total. The minimum atomic E-state index is -3.98. The van der Waals surface area contributed by atoms with Crippen molar-refractivity contribution in [3.05, 3.63) is 64.7 Å². The van der Waals surface area contributed by atoms with Crippen LogP contribution < -0.4 is 9.62 Å². The van der Waals surface area contributed by atoms with E-state index in [0.717, 1.165) is 30.9 Å². The third kappa shape index (κ3) is 6.57. The van der Waals surface area contributed by atoms with Crippen molar-refractivity contribution in [2.45, 2.75) is 47.2 Å². The number of amides is 2. The molecule has 0 aliphatic rings. The molecule has 2 aromatic carbocycles. The zero-order valence-electron chi connectivity index (χ0n) is 21.1. The molecule has 1 atom stereocenters. The molecule has 9 heteroatoms. The number of carbonyl (C=O) groups is 2. The van der Waals surface area contributed by atoms with Crippen LogP contribution >= 0.6 is 0 Å². The minimum Gasteiger partial charge on any atom is -0.355 e. The second-order valence-corrected chi connectivity index (χ2v) is 10.7. The molecular weight excluding hydrogens is 452 g/mol. The molecule has 0 aromatic heterocycles. The van der Waals surface area contributed by atoms with Crippen molar-refractivity contribution >= 4 is 27.7 Å². The van der Waals surface area contributed by atoms with Gasteiger partial charge in [-0.25, -0.2) is 4.31 Å². The Morgan fingerprint density at radius 2 is 1.65 bits per heavy atom. The van der Waals surface area contributed by atoms with Gasteiger partial charge in [-0.2, -0.15) is 12.7 Å². The van der Waals surface area contributed by atoms with Crippen LogP contribution in [0.4, 0.5) is 5.69 Å². The lowest BCUT2D eigenvalue weighted by Gasteiger charge is -2.33. The van der Waals surface area contributed by atoms with Gasteiger partial charge in [0.05, 0.1) is 5.69 Å². The van der Waals surface area contributed by atoms with E-state index in [0.29, 0.717) is 12.2 Å². The fourth-order valence-electron chi connectivity index (χ4n) is 3.60. The van der Waals surface area contributed by atoms with E-state index in [4.69, 9.17) is 0 Å². The fraction of sp³-hybridized carbons (Fsp3) is 0.440. The van der Waals surface area contributed by atoms with E-state index in [9.17, 15) is 18.0 Å². The van der Waals surface area contributed by atoms with Crippen molar-refractivity contribution in [2.24, 2.45) is 0 Å². The number of nitrogens with one attached hydrogen (secondary N) is 1. The first-order chi connectivity index (χ1) is 15.9. The summed E-state index contributed by atoms with van der Waals surface area (Å²) >= 11 is 0. The largest absolute Gasteiger partial charge is 0.355 e. The van der Waals surface area contributed by atoms with Crippen molar-refractivity contribution in [3.63, 3.8) is 0 Å². The summed E-state index contributed by atoms with van der Waals surface area (Å²) in [5.74, 6) is -0.760. The minimum absolute atomic E-state index is 0.182. The SMILES string of the molecule is CCNC(=O)C(C)N(Cc1cccc(C)c1)C(=O)CN(c1cc(C)ccc1C)S(=O)(=O)N(C)C. The van der Waals surface area contributed by atoms with Crippen LogP contribution in [0.1, 0.15) is 36.1 Å². The van der Waals surface area contributed by atoms with E-state index in [1.165, 1.54) is 19.0 Å². The molecule has 1 unspecified atom stereocenters. The van der Waals surface area contributed by atoms with Gasteiger partial charge in [-0.3, -0.25) is 9.59 Å². The monoisotopic (exact) mass is 488 g/mol. The third-order valence-corrected chi connectivity index (χ3v) is 7.41. The van der Waals surface area contributed by atoms with Crippen LogP contribution in [0.2, 0.25) is 0 Å². The van der Waals surface area contributed by atoms with Gasteiger partial charge >= 0.3 is 10.2 Å². The zero-order valence-corrected chi connectivity index (χ0v) is 21.9. The number of benzene rings is 2. The molecular formula is C25H36N4O4S. The van der Waals surface area contributed by atoms with E-state index in [-0.39, 0.29) is 12.5 Å². The maximum Gasteiger partial charge on any atom is 0.304 e. The molecule has 0 bridgehead atoms. The van der Waals surface area contributed by atoms with Crippen molar-refractivity contribution in [3.8, 4) is 0 Å². The summed E-state index contributed by atoms with van der Waals surface area (Å²) in [5, 5.41) is 2.75. The highest BCUT2D eigenvalue weighted by Gasteiger charge is 2.33. The maximum atomic E-state index is 13.7. The van der Waals surface area contributed by atoms with Gasteiger partial charge in [-0.1, -0.05) is 42.0 Å². The van der Waals surface area contributed by atoms with Gasteiger partial charge in [-0.15, -0.1) is 0 Å². The summed E-state index contributed by atoms with van der Waals surface area (Å²) in [4.78, 5) is 27.7. The number of hydrogen-bond donors (Lipinski definition) is 1. The van der Waals surface area contributed by atoms with Gasteiger partial charge in [0.2, 0.25) is 11.8 Å². The standard InChI is InChI=1S/C25H36N4O4S/c1-8-26-25(31)21(5)28(16-22-11-9-10-18(2)14-22)24(30)17-29(34(32,33)27(6)7)23-15-19(3)12-13-20(23)4/h9-15,21H,8,16-17H2,1-7H3,(H,26,31). The van der Waals surface area contributed by atoms with Gasteiger partial charge in [0.1, 0.15) is 12.6 Å². The van der Waals surface area contributed by atoms with Crippen LogP contribution in [0.15, 0.2) is 42.5 Å². The Labute approximate surface area is 203 Å². The molecule has 0 aliphatic carbocycles. The molecule has 0 fully saturated rings. The van der Waals surface area contributed by atoms with Crippen LogP contribution in [0.25, 0.3) is 0 Å². The van der Waals surface area contributed by atoms with Crippen LogP contribution in [0.5, 0.6) is 0 Å². The smallest absolute Gasteiger partial charge is 0.304 e. The van der Waals surface area contributed by atoms with Gasteiger partial charge in [-0.05, 0) is 57.4 Å². The second kappa shape index (κ2) is 11.5. The van der Waals surface area contributed by atoms with Crippen LogP contribution in [-0.4, -0.2) is 62.7 Å². The van der Waals surface area contributed by atoms with Crippen molar-refractivity contribution in [1.82, 2.24) is 14.5 Å².